The summed E-state index contributed by atoms with van der Waals surface area (Å²) in [6.07, 6.45) is 5.89. The zero-order valence-electron chi connectivity index (χ0n) is 20.4. The first-order valence-electron chi connectivity index (χ1n) is 12.0. The Balaban J connectivity index is 1.41. The van der Waals surface area contributed by atoms with Crippen LogP contribution in [0.5, 0.6) is 0 Å². The van der Waals surface area contributed by atoms with Gasteiger partial charge in [-0.2, -0.15) is 5.10 Å². The fourth-order valence-corrected chi connectivity index (χ4v) is 4.66. The molecule has 0 fully saturated rings. The molecule has 0 aliphatic carbocycles. The standard InChI is InChI=1S/C30H28N4O2/c1-22(35)33-18-17-23-11-9-10-16-27(23)28(33)19-29(36)32(2)20-25-21-34(26-14-7-4-8-15-26)31-30(25)24-12-5-3-6-13-24/h3-18,21,28H,19-20H2,1-2H3/t28-/m0/s1. The summed E-state index contributed by atoms with van der Waals surface area (Å²) in [5.41, 5.74) is 5.77. The number of hydrogen-bond acceptors (Lipinski definition) is 3. The van der Waals surface area contributed by atoms with Crippen LogP contribution in [-0.4, -0.2) is 38.4 Å². The average Bonchev–Trinajstić information content (AvgIpc) is 3.33. The topological polar surface area (TPSA) is 58.4 Å². The quantitative estimate of drug-likeness (QED) is 0.371. The highest BCUT2D eigenvalue weighted by atomic mass is 16.2. The molecule has 0 unspecified atom stereocenters. The van der Waals surface area contributed by atoms with E-state index in [-0.39, 0.29) is 24.3 Å². The lowest BCUT2D eigenvalue weighted by atomic mass is 9.93. The van der Waals surface area contributed by atoms with Crippen molar-refractivity contribution in [1.29, 1.82) is 0 Å². The highest BCUT2D eigenvalue weighted by Gasteiger charge is 2.29. The Morgan fingerprint density at radius 2 is 1.58 bits per heavy atom. The third kappa shape index (κ3) is 4.70. The summed E-state index contributed by atoms with van der Waals surface area (Å²) < 4.78 is 1.86. The van der Waals surface area contributed by atoms with Crippen molar-refractivity contribution in [3.8, 4) is 16.9 Å². The van der Waals surface area contributed by atoms with Gasteiger partial charge in [-0.15, -0.1) is 0 Å². The number of benzene rings is 3. The molecule has 6 nitrogen and oxygen atoms in total. The molecule has 0 saturated carbocycles. The maximum Gasteiger partial charge on any atom is 0.225 e. The van der Waals surface area contributed by atoms with E-state index in [0.717, 1.165) is 33.6 Å². The van der Waals surface area contributed by atoms with Crippen LogP contribution in [0.25, 0.3) is 23.0 Å². The zero-order valence-corrected chi connectivity index (χ0v) is 20.4. The van der Waals surface area contributed by atoms with Crippen LogP contribution in [-0.2, 0) is 16.1 Å². The molecule has 0 N–H and O–H groups in total. The van der Waals surface area contributed by atoms with Crippen LogP contribution in [0.4, 0.5) is 0 Å². The molecule has 4 aromatic rings. The van der Waals surface area contributed by atoms with Crippen molar-refractivity contribution in [3.63, 3.8) is 0 Å². The summed E-state index contributed by atoms with van der Waals surface area (Å²) in [6, 6.07) is 27.5. The Kier molecular flexibility index (Phi) is 6.50. The number of hydrogen-bond donors (Lipinski definition) is 0. The van der Waals surface area contributed by atoms with Crippen LogP contribution in [0.3, 0.4) is 0 Å². The van der Waals surface area contributed by atoms with E-state index in [1.165, 1.54) is 6.92 Å². The van der Waals surface area contributed by atoms with Crippen molar-refractivity contribution in [1.82, 2.24) is 19.6 Å². The second-order valence-corrected chi connectivity index (χ2v) is 8.99. The third-order valence-corrected chi connectivity index (χ3v) is 6.53. The molecule has 0 saturated heterocycles. The first-order valence-corrected chi connectivity index (χ1v) is 12.0. The number of carbonyl (C=O) groups is 2. The lowest BCUT2D eigenvalue weighted by molar-refractivity contribution is -0.134. The minimum absolute atomic E-state index is 0.0391. The summed E-state index contributed by atoms with van der Waals surface area (Å²) in [6.45, 7) is 1.93. The molecule has 3 aromatic carbocycles. The lowest BCUT2D eigenvalue weighted by Gasteiger charge is -2.33. The molecule has 1 atom stereocenters. The highest BCUT2D eigenvalue weighted by molar-refractivity contribution is 5.82. The first kappa shape index (κ1) is 23.3. The Bertz CT molecular complexity index is 1410. The number of carbonyl (C=O) groups excluding carboxylic acids is 2. The van der Waals surface area contributed by atoms with Gasteiger partial charge < -0.3 is 9.80 Å². The fraction of sp³-hybridized carbons (Fsp3) is 0.167. The molecule has 180 valence electrons. The fourth-order valence-electron chi connectivity index (χ4n) is 4.66. The Morgan fingerprint density at radius 3 is 2.31 bits per heavy atom. The van der Waals surface area contributed by atoms with Crippen molar-refractivity contribution in [2.45, 2.75) is 25.9 Å². The highest BCUT2D eigenvalue weighted by Crippen LogP contribution is 2.33. The smallest absolute Gasteiger partial charge is 0.225 e. The molecule has 0 bridgehead atoms. The SMILES string of the molecule is CC(=O)N1C=Cc2ccccc2[C@@H]1CC(=O)N(C)Cc1cn(-c2ccccc2)nc1-c1ccccc1. The monoisotopic (exact) mass is 476 g/mol. The van der Waals surface area contributed by atoms with E-state index >= 15 is 0 Å². The van der Waals surface area contributed by atoms with Crippen molar-refractivity contribution in [3.05, 3.63) is 114 Å². The zero-order chi connectivity index (χ0) is 25.1. The van der Waals surface area contributed by atoms with Crippen LogP contribution < -0.4 is 0 Å². The van der Waals surface area contributed by atoms with Gasteiger partial charge in [0.05, 0.1) is 23.8 Å². The summed E-state index contributed by atoms with van der Waals surface area (Å²) in [5.74, 6) is -0.125. The Morgan fingerprint density at radius 1 is 0.917 bits per heavy atom. The number of fused-ring (bicyclic) bond motifs is 1. The number of rotatable bonds is 6. The van der Waals surface area contributed by atoms with E-state index in [9.17, 15) is 9.59 Å². The number of amides is 2. The van der Waals surface area contributed by atoms with Crippen LogP contribution in [0.1, 0.15) is 36.1 Å². The summed E-state index contributed by atoms with van der Waals surface area (Å²) >= 11 is 0. The van der Waals surface area contributed by atoms with E-state index < -0.39 is 0 Å². The number of aromatic nitrogens is 2. The normalized spacial score (nSPS) is 14.4. The van der Waals surface area contributed by atoms with E-state index in [1.54, 1.807) is 23.0 Å². The average molecular weight is 477 g/mol. The van der Waals surface area contributed by atoms with Gasteiger partial charge in [0.25, 0.3) is 0 Å². The minimum Gasteiger partial charge on any atom is -0.341 e. The van der Waals surface area contributed by atoms with Gasteiger partial charge in [-0.3, -0.25) is 9.59 Å². The predicted octanol–water partition coefficient (Wildman–Crippen LogP) is 5.46. The van der Waals surface area contributed by atoms with Gasteiger partial charge in [-0.05, 0) is 29.3 Å². The largest absolute Gasteiger partial charge is 0.341 e. The predicted molar refractivity (Wildman–Crippen MR) is 141 cm³/mol. The van der Waals surface area contributed by atoms with Gasteiger partial charge >= 0.3 is 0 Å². The molecular weight excluding hydrogens is 448 g/mol. The van der Waals surface area contributed by atoms with Crippen LogP contribution >= 0.6 is 0 Å². The van der Waals surface area contributed by atoms with Gasteiger partial charge in [-0.1, -0.05) is 72.8 Å². The van der Waals surface area contributed by atoms with Gasteiger partial charge in [-0.25, -0.2) is 4.68 Å². The van der Waals surface area contributed by atoms with Gasteiger partial charge in [0, 0.05) is 44.0 Å². The van der Waals surface area contributed by atoms with E-state index in [1.807, 2.05) is 102 Å². The summed E-state index contributed by atoms with van der Waals surface area (Å²) in [4.78, 5) is 29.2. The van der Waals surface area contributed by atoms with Crippen molar-refractivity contribution >= 4 is 17.9 Å². The maximum atomic E-state index is 13.5. The third-order valence-electron chi connectivity index (χ3n) is 6.53. The van der Waals surface area contributed by atoms with Crippen molar-refractivity contribution in [2.24, 2.45) is 0 Å². The first-order chi connectivity index (χ1) is 17.5. The summed E-state index contributed by atoms with van der Waals surface area (Å²) in [7, 11) is 1.81. The molecule has 2 heterocycles. The van der Waals surface area contributed by atoms with E-state index in [4.69, 9.17) is 5.10 Å². The molecule has 1 aliphatic rings. The molecule has 1 aromatic heterocycles. The van der Waals surface area contributed by atoms with Crippen LogP contribution in [0.2, 0.25) is 0 Å². The molecule has 0 spiro atoms. The van der Waals surface area contributed by atoms with Crippen molar-refractivity contribution < 1.29 is 9.59 Å². The van der Waals surface area contributed by atoms with Gasteiger partial charge in [0.1, 0.15) is 0 Å². The van der Waals surface area contributed by atoms with Gasteiger partial charge in [0.2, 0.25) is 11.8 Å². The van der Waals surface area contributed by atoms with Gasteiger partial charge in [0.15, 0.2) is 0 Å². The summed E-state index contributed by atoms with van der Waals surface area (Å²) in [5, 5.41) is 4.86. The van der Waals surface area contributed by atoms with Crippen LogP contribution in [0, 0.1) is 0 Å². The molecule has 6 heteroatoms. The van der Waals surface area contributed by atoms with E-state index in [0.29, 0.717) is 6.54 Å². The van der Waals surface area contributed by atoms with Crippen LogP contribution in [0.15, 0.2) is 97.3 Å². The Hall–Kier alpha value is -4.45. The maximum absolute atomic E-state index is 13.5. The Labute approximate surface area is 211 Å². The van der Waals surface area contributed by atoms with Crippen molar-refractivity contribution in [2.75, 3.05) is 7.05 Å². The lowest BCUT2D eigenvalue weighted by Crippen LogP contribution is -2.35. The second kappa shape index (κ2) is 10.0. The molecule has 0 radical (unpaired) electrons. The minimum atomic E-state index is -0.334. The molecule has 2 amide bonds. The molecule has 1 aliphatic heterocycles. The molecule has 36 heavy (non-hydrogen) atoms. The number of nitrogens with zero attached hydrogens (tertiary/aromatic N) is 4. The van der Waals surface area contributed by atoms with E-state index in [2.05, 4.69) is 0 Å². The molecule has 5 rings (SSSR count). The number of para-hydroxylation sites is 1. The molecular formula is C30H28N4O2. The second-order valence-electron chi connectivity index (χ2n) is 8.99.